The Kier molecular flexibility index (Phi) is 5.81. The lowest BCUT2D eigenvalue weighted by atomic mass is 9.81. The molecule has 0 saturated carbocycles. The molecule has 0 radical (unpaired) electrons. The van der Waals surface area contributed by atoms with Crippen LogP contribution >= 0.6 is 11.3 Å². The fourth-order valence-corrected chi connectivity index (χ4v) is 5.40. The van der Waals surface area contributed by atoms with Crippen LogP contribution in [0.2, 0.25) is 0 Å². The molecule has 1 saturated heterocycles. The second-order valence-corrected chi connectivity index (χ2v) is 8.98. The first kappa shape index (κ1) is 24.0. The van der Waals surface area contributed by atoms with Crippen molar-refractivity contribution < 1.29 is 36.6 Å². The summed E-state index contributed by atoms with van der Waals surface area (Å²) in [6.07, 6.45) is 0.731. The lowest BCUT2D eigenvalue weighted by Gasteiger charge is -2.37. The van der Waals surface area contributed by atoms with Gasteiger partial charge in [0.25, 0.3) is 0 Å². The summed E-state index contributed by atoms with van der Waals surface area (Å²) in [5, 5.41) is 4.57. The van der Waals surface area contributed by atoms with E-state index in [1.54, 1.807) is 10.3 Å². The van der Waals surface area contributed by atoms with Crippen LogP contribution in [0.3, 0.4) is 0 Å². The summed E-state index contributed by atoms with van der Waals surface area (Å²) >= 11 is 1.15. The van der Waals surface area contributed by atoms with Gasteiger partial charge in [-0.05, 0) is 13.0 Å². The normalized spacial score (nSPS) is 22.6. The van der Waals surface area contributed by atoms with Crippen LogP contribution in [0.5, 0.6) is 0 Å². The number of amides is 1. The fourth-order valence-electron chi connectivity index (χ4n) is 4.77. The van der Waals surface area contributed by atoms with Crippen LogP contribution in [0.1, 0.15) is 29.5 Å². The minimum absolute atomic E-state index is 0.0106. The molecule has 2 unspecified atom stereocenters. The number of benzene rings is 1. The number of ether oxygens (including phenoxy) is 2. The van der Waals surface area contributed by atoms with Gasteiger partial charge in [-0.2, -0.15) is 0 Å². The van der Waals surface area contributed by atoms with Gasteiger partial charge in [-0.15, -0.1) is 11.3 Å². The maximum absolute atomic E-state index is 16.0. The number of carbonyl (C=O) groups is 2. The van der Waals surface area contributed by atoms with Crippen molar-refractivity contribution in [1.82, 2.24) is 15.2 Å². The standard InChI is InChI=1S/C23H18F4N4O4S/c1-3-35-21(32)15-13-8-10(29-22(33)34-2)9-31(13)19(20-28-6-7-36-20)30-23(15)11-4-5-12(24)16(25)14(11)17(26)18(23)27/h4-7,10H,3,8-9H2,1-2H3,(H,29,33). The average molecular weight is 522 g/mol. The van der Waals surface area contributed by atoms with Crippen molar-refractivity contribution in [2.75, 3.05) is 20.3 Å². The molecule has 2 atom stereocenters. The molecule has 1 aliphatic carbocycles. The van der Waals surface area contributed by atoms with E-state index in [1.165, 1.54) is 20.2 Å². The van der Waals surface area contributed by atoms with Crippen LogP contribution in [-0.2, 0) is 19.8 Å². The highest BCUT2D eigenvalue weighted by molar-refractivity contribution is 7.11. The Bertz CT molecular complexity index is 1370. The third-order valence-corrected chi connectivity index (χ3v) is 6.94. The number of hydrogen-bond acceptors (Lipinski definition) is 8. The SMILES string of the molecule is CCOC(=O)C1=C2CC(NC(=O)OC)CN2C(c2nccs2)=NC12C(F)=C(F)c1c2ccc(F)c1F. The highest BCUT2D eigenvalue weighted by Gasteiger charge is 2.59. The molecule has 13 heteroatoms. The molecular weight excluding hydrogens is 504 g/mol. The second kappa shape index (κ2) is 8.73. The number of aliphatic imine (C=N–C) groups is 1. The van der Waals surface area contributed by atoms with Gasteiger partial charge in [-0.1, -0.05) is 6.07 Å². The fraction of sp³-hybridized carbons (Fsp3) is 0.304. The Hall–Kier alpha value is -3.74. The summed E-state index contributed by atoms with van der Waals surface area (Å²) in [7, 11) is 1.18. The lowest BCUT2D eigenvalue weighted by Crippen LogP contribution is -2.44. The van der Waals surface area contributed by atoms with Gasteiger partial charge < -0.3 is 19.7 Å². The van der Waals surface area contributed by atoms with Crippen molar-refractivity contribution in [1.29, 1.82) is 0 Å². The van der Waals surface area contributed by atoms with Crippen molar-refractivity contribution >= 4 is 35.1 Å². The van der Waals surface area contributed by atoms with Gasteiger partial charge in [0.05, 0.1) is 30.9 Å². The Labute approximate surface area is 205 Å². The number of amidine groups is 1. The second-order valence-electron chi connectivity index (χ2n) is 8.08. The Morgan fingerprint density at radius 3 is 2.72 bits per heavy atom. The van der Waals surface area contributed by atoms with E-state index in [0.29, 0.717) is 5.01 Å². The molecule has 2 aromatic rings. The summed E-state index contributed by atoms with van der Waals surface area (Å²) < 4.78 is 69.9. The number of esters is 1. The van der Waals surface area contributed by atoms with Crippen molar-refractivity contribution in [2.45, 2.75) is 24.9 Å². The summed E-state index contributed by atoms with van der Waals surface area (Å²) in [6.45, 7) is 1.53. The first-order valence-electron chi connectivity index (χ1n) is 10.8. The number of rotatable bonds is 4. The van der Waals surface area contributed by atoms with Crippen molar-refractivity contribution in [3.05, 3.63) is 68.6 Å². The van der Waals surface area contributed by atoms with Crippen LogP contribution in [0.4, 0.5) is 22.4 Å². The number of nitrogens with zero attached hydrogens (tertiary/aromatic N) is 3. The number of fused-ring (bicyclic) bond motifs is 3. The van der Waals surface area contributed by atoms with Gasteiger partial charge in [-0.25, -0.2) is 37.1 Å². The first-order valence-corrected chi connectivity index (χ1v) is 11.7. The molecule has 3 heterocycles. The molecule has 1 spiro atoms. The maximum Gasteiger partial charge on any atom is 0.407 e. The highest BCUT2D eigenvalue weighted by atomic mass is 32.1. The number of alkyl carbamates (subject to hydrolysis) is 1. The number of halogens is 4. The Morgan fingerprint density at radius 1 is 1.28 bits per heavy atom. The minimum atomic E-state index is -2.48. The molecule has 8 nitrogen and oxygen atoms in total. The van der Waals surface area contributed by atoms with E-state index < -0.39 is 58.1 Å². The summed E-state index contributed by atoms with van der Waals surface area (Å²) in [4.78, 5) is 35.5. The largest absolute Gasteiger partial charge is 0.462 e. The first-order chi connectivity index (χ1) is 17.2. The van der Waals surface area contributed by atoms with E-state index >= 15 is 8.78 Å². The molecule has 5 rings (SSSR count). The van der Waals surface area contributed by atoms with Gasteiger partial charge in [0, 0.05) is 35.8 Å². The third-order valence-electron chi connectivity index (χ3n) is 6.17. The van der Waals surface area contributed by atoms with E-state index in [2.05, 4.69) is 20.0 Å². The van der Waals surface area contributed by atoms with Gasteiger partial charge >= 0.3 is 12.1 Å². The molecule has 0 bridgehead atoms. The molecule has 1 aromatic heterocycles. The van der Waals surface area contributed by atoms with Crippen LogP contribution in [0, 0.1) is 11.6 Å². The molecule has 3 aliphatic rings. The van der Waals surface area contributed by atoms with E-state index in [9.17, 15) is 18.4 Å². The monoisotopic (exact) mass is 522 g/mol. The number of methoxy groups -OCH3 is 1. The van der Waals surface area contributed by atoms with Crippen LogP contribution in [-0.4, -0.2) is 54.1 Å². The van der Waals surface area contributed by atoms with Gasteiger partial charge in [0.2, 0.25) is 0 Å². The van der Waals surface area contributed by atoms with E-state index in [-0.39, 0.29) is 36.7 Å². The highest BCUT2D eigenvalue weighted by Crippen LogP contribution is 2.57. The topological polar surface area (TPSA) is 93.1 Å². The molecular formula is C23H18F4N4O4S. The Morgan fingerprint density at radius 2 is 2.06 bits per heavy atom. The van der Waals surface area contributed by atoms with Crippen molar-refractivity contribution in [3.8, 4) is 0 Å². The molecule has 1 fully saturated rings. The number of thiazole rings is 1. The van der Waals surface area contributed by atoms with Crippen LogP contribution < -0.4 is 5.32 Å². The molecule has 1 N–H and O–H groups in total. The molecule has 36 heavy (non-hydrogen) atoms. The third kappa shape index (κ3) is 3.33. The van der Waals surface area contributed by atoms with E-state index in [0.717, 1.165) is 23.5 Å². The van der Waals surface area contributed by atoms with Crippen molar-refractivity contribution in [3.63, 3.8) is 0 Å². The number of hydrogen-bond donors (Lipinski definition) is 1. The predicted octanol–water partition coefficient (Wildman–Crippen LogP) is 3.95. The smallest absolute Gasteiger partial charge is 0.407 e. The average Bonchev–Trinajstić information content (AvgIpc) is 3.57. The molecule has 2 aliphatic heterocycles. The molecule has 188 valence electrons. The Balaban J connectivity index is 1.82. The molecule has 1 aromatic carbocycles. The number of nitrogens with one attached hydrogen (secondary N) is 1. The summed E-state index contributed by atoms with van der Waals surface area (Å²) in [6, 6.07) is 1.10. The quantitative estimate of drug-likeness (QED) is 0.483. The zero-order valence-electron chi connectivity index (χ0n) is 18.9. The van der Waals surface area contributed by atoms with Crippen molar-refractivity contribution in [2.24, 2.45) is 4.99 Å². The van der Waals surface area contributed by atoms with Gasteiger partial charge in [-0.3, -0.25) is 0 Å². The van der Waals surface area contributed by atoms with Crippen LogP contribution in [0.15, 0.2) is 45.8 Å². The summed E-state index contributed by atoms with van der Waals surface area (Å²) in [5.74, 6) is -7.17. The lowest BCUT2D eigenvalue weighted by molar-refractivity contribution is -0.139. The van der Waals surface area contributed by atoms with Gasteiger partial charge in [0.15, 0.2) is 39.7 Å². The maximum atomic E-state index is 16.0. The molecule has 1 amide bonds. The van der Waals surface area contributed by atoms with Gasteiger partial charge in [0.1, 0.15) is 0 Å². The number of aromatic nitrogens is 1. The zero-order chi connectivity index (χ0) is 25.8. The number of carbonyl (C=O) groups excluding carboxylic acids is 2. The van der Waals surface area contributed by atoms with E-state index in [1.807, 2.05) is 0 Å². The zero-order valence-corrected chi connectivity index (χ0v) is 19.7. The minimum Gasteiger partial charge on any atom is -0.462 e. The predicted molar refractivity (Wildman–Crippen MR) is 120 cm³/mol. The summed E-state index contributed by atoms with van der Waals surface area (Å²) in [5.41, 5.74) is -4.03. The van der Waals surface area contributed by atoms with E-state index in [4.69, 9.17) is 4.74 Å². The van der Waals surface area contributed by atoms with Crippen LogP contribution in [0.25, 0.3) is 5.83 Å².